The Morgan fingerprint density at radius 1 is 0.792 bits per heavy atom. The largest absolute Gasteiger partial charge is 0.460 e. The predicted octanol–water partition coefficient (Wildman–Crippen LogP) is 11.2. The average molecular weight is 650 g/mol. The fraction of sp³-hybridized carbons (Fsp3) is 0.595. The molecular formula is C42H55N3O3. The second-order valence-electron chi connectivity index (χ2n) is 16.5. The summed E-state index contributed by atoms with van der Waals surface area (Å²) in [7, 11) is 0. The molecule has 0 spiro atoms. The normalized spacial score (nSPS) is 31.6. The molecule has 48 heavy (non-hydrogen) atoms. The van der Waals surface area contributed by atoms with Crippen LogP contribution >= 0.6 is 0 Å². The molecule has 3 aromatic rings. The standard InChI is InChI=1S/C42H55N3O3/c1-28(2)13-12-14-29(3)31-24-33-23-30-19-20-32-25-36(21-22-42(32,5)37(30)27-41(33,4)26-31)48-40-44-38(46-34-15-8-6-9-16-34)43-39(45-40)47-35-17-10-7-11-18-35/h6-11,15-18,20,28-31,33,36-37H,12-14,19,21-27H2,1-5H3. The highest BCUT2D eigenvalue weighted by atomic mass is 16.5. The lowest BCUT2D eigenvalue weighted by atomic mass is 9.48. The van der Waals surface area contributed by atoms with Crippen LogP contribution in [-0.2, 0) is 0 Å². The van der Waals surface area contributed by atoms with Crippen LogP contribution in [0, 0.1) is 46.3 Å². The molecule has 1 heterocycles. The van der Waals surface area contributed by atoms with E-state index in [9.17, 15) is 0 Å². The van der Waals surface area contributed by atoms with Crippen LogP contribution in [0.2, 0.25) is 0 Å². The summed E-state index contributed by atoms with van der Waals surface area (Å²) in [6.45, 7) is 12.5. The first kappa shape index (κ1) is 33.1. The maximum Gasteiger partial charge on any atom is 0.331 e. The van der Waals surface area contributed by atoms with Crippen LogP contribution in [0.3, 0.4) is 0 Å². The Bertz CT molecular complexity index is 1500. The quantitative estimate of drug-likeness (QED) is 0.193. The highest BCUT2D eigenvalue weighted by Crippen LogP contribution is 2.66. The Hall–Kier alpha value is -3.41. The third-order valence-corrected chi connectivity index (χ3v) is 12.8. The monoisotopic (exact) mass is 649 g/mol. The molecule has 8 atom stereocenters. The first-order valence-corrected chi connectivity index (χ1v) is 18.7. The predicted molar refractivity (Wildman–Crippen MR) is 190 cm³/mol. The third kappa shape index (κ3) is 7.14. The molecule has 0 saturated heterocycles. The second kappa shape index (κ2) is 13.8. The number of ether oxygens (including phenoxy) is 3. The molecule has 1 aromatic heterocycles. The van der Waals surface area contributed by atoms with Crippen LogP contribution in [0.25, 0.3) is 0 Å². The van der Waals surface area contributed by atoms with Gasteiger partial charge in [0.2, 0.25) is 0 Å². The van der Waals surface area contributed by atoms with Crippen molar-refractivity contribution in [3.05, 3.63) is 72.3 Å². The number of allylic oxidation sites excluding steroid dienone is 1. The van der Waals surface area contributed by atoms with Crippen LogP contribution in [0.5, 0.6) is 29.5 Å². The van der Waals surface area contributed by atoms with E-state index in [0.29, 0.717) is 16.9 Å². The molecule has 8 unspecified atom stereocenters. The van der Waals surface area contributed by atoms with E-state index in [-0.39, 0.29) is 29.6 Å². The van der Waals surface area contributed by atoms with Crippen LogP contribution in [0.15, 0.2) is 72.3 Å². The number of fused-ring (bicyclic) bond motifs is 4. The van der Waals surface area contributed by atoms with E-state index >= 15 is 0 Å². The van der Waals surface area contributed by atoms with Gasteiger partial charge < -0.3 is 14.2 Å². The van der Waals surface area contributed by atoms with Crippen molar-refractivity contribution in [2.24, 2.45) is 46.3 Å². The minimum Gasteiger partial charge on any atom is -0.460 e. The summed E-state index contributed by atoms with van der Waals surface area (Å²) in [4.78, 5) is 13.6. The molecule has 2 aromatic carbocycles. The molecule has 0 radical (unpaired) electrons. The van der Waals surface area contributed by atoms with Crippen LogP contribution in [0.1, 0.15) is 105 Å². The minimum absolute atomic E-state index is 0.00639. The molecule has 4 aliphatic carbocycles. The first-order valence-electron chi connectivity index (χ1n) is 18.7. The number of hydrogen-bond acceptors (Lipinski definition) is 6. The second-order valence-corrected chi connectivity index (χ2v) is 16.5. The third-order valence-electron chi connectivity index (χ3n) is 12.8. The zero-order valence-electron chi connectivity index (χ0n) is 29.7. The summed E-state index contributed by atoms with van der Waals surface area (Å²) in [5, 5.41) is 0. The van der Waals surface area contributed by atoms with Crippen molar-refractivity contribution in [3.63, 3.8) is 0 Å². The molecule has 6 nitrogen and oxygen atoms in total. The maximum atomic E-state index is 6.56. The fourth-order valence-corrected chi connectivity index (χ4v) is 9.99. The van der Waals surface area contributed by atoms with Gasteiger partial charge in [-0.2, -0.15) is 0 Å². The molecule has 0 N–H and O–H groups in total. The lowest BCUT2D eigenvalue weighted by Crippen LogP contribution is -2.48. The molecular weight excluding hydrogens is 594 g/mol. The number of para-hydroxylation sites is 2. The summed E-state index contributed by atoms with van der Waals surface area (Å²) in [5.74, 6) is 6.37. The first-order chi connectivity index (χ1) is 23.2. The van der Waals surface area contributed by atoms with Gasteiger partial charge in [-0.05, 0) is 116 Å². The molecule has 3 fully saturated rings. The lowest BCUT2D eigenvalue weighted by molar-refractivity contribution is -0.0274. The maximum absolute atomic E-state index is 6.56. The summed E-state index contributed by atoms with van der Waals surface area (Å²) < 4.78 is 18.6. The Labute approximate surface area is 288 Å². The zero-order valence-corrected chi connectivity index (χ0v) is 29.7. The van der Waals surface area contributed by atoms with Crippen LogP contribution in [0.4, 0.5) is 0 Å². The number of aromatic nitrogens is 3. The highest BCUT2D eigenvalue weighted by molar-refractivity contribution is 5.28. The molecule has 0 amide bonds. The van der Waals surface area contributed by atoms with Crippen molar-refractivity contribution < 1.29 is 14.2 Å². The van der Waals surface area contributed by atoms with Crippen LogP contribution in [-0.4, -0.2) is 21.1 Å². The van der Waals surface area contributed by atoms with Gasteiger partial charge >= 0.3 is 18.0 Å². The molecule has 3 saturated carbocycles. The van der Waals surface area contributed by atoms with E-state index in [1.54, 1.807) is 5.57 Å². The van der Waals surface area contributed by atoms with E-state index in [1.165, 1.54) is 51.4 Å². The molecule has 4 aliphatic rings. The van der Waals surface area contributed by atoms with Crippen LogP contribution < -0.4 is 14.2 Å². The smallest absolute Gasteiger partial charge is 0.331 e. The number of nitrogens with zero attached hydrogens (tertiary/aromatic N) is 3. The van der Waals surface area contributed by atoms with Gasteiger partial charge in [-0.1, -0.05) is 102 Å². The topological polar surface area (TPSA) is 66.4 Å². The summed E-state index contributed by atoms with van der Waals surface area (Å²) in [6, 6.07) is 19.7. The van der Waals surface area contributed by atoms with E-state index in [2.05, 4.69) is 55.6 Å². The molecule has 0 aliphatic heterocycles. The Balaban J connectivity index is 1.03. The van der Waals surface area contributed by atoms with E-state index in [4.69, 9.17) is 14.2 Å². The van der Waals surface area contributed by atoms with E-state index in [0.717, 1.165) is 54.8 Å². The van der Waals surface area contributed by atoms with Gasteiger partial charge in [0, 0.05) is 6.42 Å². The number of rotatable bonds is 11. The lowest BCUT2D eigenvalue weighted by Gasteiger charge is -2.57. The van der Waals surface area contributed by atoms with E-state index in [1.807, 2.05) is 60.7 Å². The van der Waals surface area contributed by atoms with Crippen molar-refractivity contribution >= 4 is 0 Å². The zero-order chi connectivity index (χ0) is 33.3. The Morgan fingerprint density at radius 2 is 1.44 bits per heavy atom. The molecule has 256 valence electrons. The molecule has 0 bridgehead atoms. The van der Waals surface area contributed by atoms with Crippen molar-refractivity contribution in [2.45, 2.75) is 111 Å². The summed E-state index contributed by atoms with van der Waals surface area (Å²) in [5.41, 5.74) is 2.33. The highest BCUT2D eigenvalue weighted by Gasteiger charge is 2.57. The van der Waals surface area contributed by atoms with Gasteiger partial charge in [0.25, 0.3) is 0 Å². The van der Waals surface area contributed by atoms with Gasteiger partial charge in [0.1, 0.15) is 17.6 Å². The van der Waals surface area contributed by atoms with Gasteiger partial charge in [-0.25, -0.2) is 0 Å². The van der Waals surface area contributed by atoms with Gasteiger partial charge in [0.05, 0.1) is 0 Å². The average Bonchev–Trinajstić information content (AvgIpc) is 3.41. The SMILES string of the molecule is CC(C)CCCC(C)C1CC2CC3CC=C4CC(Oc5nc(Oc6ccccc6)nc(Oc6ccccc6)n5)CCC4(C)C3CC2(C)C1. The fourth-order valence-electron chi connectivity index (χ4n) is 9.99. The molecule has 7 rings (SSSR count). The Morgan fingerprint density at radius 3 is 2.08 bits per heavy atom. The Kier molecular flexibility index (Phi) is 9.54. The molecule has 6 heteroatoms. The van der Waals surface area contributed by atoms with Crippen molar-refractivity contribution in [1.82, 2.24) is 15.0 Å². The van der Waals surface area contributed by atoms with Gasteiger partial charge in [-0.3, -0.25) is 0 Å². The minimum atomic E-state index is 0.00639. The van der Waals surface area contributed by atoms with Gasteiger partial charge in [-0.15, -0.1) is 15.0 Å². The summed E-state index contributed by atoms with van der Waals surface area (Å²) >= 11 is 0. The van der Waals surface area contributed by atoms with Crippen molar-refractivity contribution in [2.75, 3.05) is 0 Å². The number of benzene rings is 2. The summed E-state index contributed by atoms with van der Waals surface area (Å²) in [6.07, 6.45) is 16.8. The number of hydrogen-bond donors (Lipinski definition) is 0. The van der Waals surface area contributed by atoms with E-state index < -0.39 is 0 Å². The van der Waals surface area contributed by atoms with Crippen molar-refractivity contribution in [3.8, 4) is 29.5 Å². The van der Waals surface area contributed by atoms with Crippen molar-refractivity contribution in [1.29, 1.82) is 0 Å². The van der Waals surface area contributed by atoms with Gasteiger partial charge in [0.15, 0.2) is 0 Å².